The molecule has 1 atom stereocenters. The van der Waals surface area contributed by atoms with E-state index in [0.29, 0.717) is 0 Å². The predicted molar refractivity (Wildman–Crippen MR) is 72.5 cm³/mol. The van der Waals surface area contributed by atoms with Gasteiger partial charge in [0.2, 0.25) is 5.91 Å². The van der Waals surface area contributed by atoms with E-state index in [1.54, 1.807) is 6.92 Å². The molecule has 0 spiro atoms. The maximum Gasteiger partial charge on any atom is 0.408 e. The molecule has 0 bridgehead atoms. The zero-order chi connectivity index (χ0) is 14.3. The fraction of sp³-hybridized carbons (Fsp3) is 0.429. The molecular formula is C14H20N2O3. The van der Waals surface area contributed by atoms with Gasteiger partial charge in [-0.3, -0.25) is 4.79 Å². The van der Waals surface area contributed by atoms with Crippen LogP contribution in [0.1, 0.15) is 26.3 Å². The van der Waals surface area contributed by atoms with E-state index in [0.717, 1.165) is 5.56 Å². The van der Waals surface area contributed by atoms with Crippen LogP contribution in [-0.2, 0) is 16.1 Å². The SMILES string of the molecule is CC(C)NC(=O)[C@@H](C)NC(=O)OCc1ccccc1. The predicted octanol–water partition coefficient (Wildman–Crippen LogP) is 1.83. The standard InChI is InChI=1S/C14H20N2O3/c1-10(2)15-13(17)11(3)16-14(18)19-9-12-7-5-4-6-8-12/h4-8,10-11H,9H2,1-3H3,(H,15,17)(H,16,18)/t11-/m1/s1. The lowest BCUT2D eigenvalue weighted by atomic mass is 10.2. The largest absolute Gasteiger partial charge is 0.445 e. The van der Waals surface area contributed by atoms with E-state index >= 15 is 0 Å². The number of carbonyl (C=O) groups is 2. The first kappa shape index (κ1) is 15.0. The number of hydrogen-bond acceptors (Lipinski definition) is 3. The number of rotatable bonds is 5. The molecule has 1 rings (SSSR count). The number of carbonyl (C=O) groups excluding carboxylic acids is 2. The molecule has 0 saturated heterocycles. The number of ether oxygens (including phenoxy) is 1. The van der Waals surface area contributed by atoms with Crippen LogP contribution in [0.4, 0.5) is 4.79 Å². The van der Waals surface area contributed by atoms with Gasteiger partial charge in [-0.1, -0.05) is 30.3 Å². The highest BCUT2D eigenvalue weighted by Gasteiger charge is 2.16. The summed E-state index contributed by atoms with van der Waals surface area (Å²) >= 11 is 0. The average Bonchev–Trinajstić information content (AvgIpc) is 2.36. The van der Waals surface area contributed by atoms with Crippen molar-refractivity contribution in [1.29, 1.82) is 0 Å². The molecule has 0 aliphatic carbocycles. The van der Waals surface area contributed by atoms with Crippen molar-refractivity contribution in [2.24, 2.45) is 0 Å². The number of hydrogen-bond donors (Lipinski definition) is 2. The highest BCUT2D eigenvalue weighted by Crippen LogP contribution is 2.00. The van der Waals surface area contributed by atoms with Gasteiger partial charge in [0.05, 0.1) is 0 Å². The molecule has 1 aromatic carbocycles. The van der Waals surface area contributed by atoms with Crippen LogP contribution in [0.25, 0.3) is 0 Å². The third-order valence-electron chi connectivity index (χ3n) is 2.37. The molecule has 5 nitrogen and oxygen atoms in total. The van der Waals surface area contributed by atoms with E-state index in [9.17, 15) is 9.59 Å². The second-order valence-corrected chi connectivity index (χ2v) is 4.59. The van der Waals surface area contributed by atoms with Crippen LogP contribution in [0.5, 0.6) is 0 Å². The van der Waals surface area contributed by atoms with E-state index in [2.05, 4.69) is 10.6 Å². The van der Waals surface area contributed by atoms with Crippen LogP contribution < -0.4 is 10.6 Å². The Kier molecular flexibility index (Phi) is 5.85. The third-order valence-corrected chi connectivity index (χ3v) is 2.37. The van der Waals surface area contributed by atoms with Crippen molar-refractivity contribution in [2.75, 3.05) is 0 Å². The number of benzene rings is 1. The molecule has 2 N–H and O–H groups in total. The van der Waals surface area contributed by atoms with Gasteiger partial charge in [0.1, 0.15) is 12.6 Å². The minimum absolute atomic E-state index is 0.0390. The van der Waals surface area contributed by atoms with Gasteiger partial charge in [-0.25, -0.2) is 4.79 Å². The monoisotopic (exact) mass is 264 g/mol. The fourth-order valence-electron chi connectivity index (χ4n) is 1.42. The summed E-state index contributed by atoms with van der Waals surface area (Å²) in [4.78, 5) is 23.1. The zero-order valence-electron chi connectivity index (χ0n) is 11.5. The lowest BCUT2D eigenvalue weighted by molar-refractivity contribution is -0.123. The van der Waals surface area contributed by atoms with E-state index < -0.39 is 12.1 Å². The Bertz CT molecular complexity index is 418. The van der Waals surface area contributed by atoms with Crippen molar-refractivity contribution in [3.05, 3.63) is 35.9 Å². The second-order valence-electron chi connectivity index (χ2n) is 4.59. The summed E-state index contributed by atoms with van der Waals surface area (Å²) < 4.78 is 5.02. The van der Waals surface area contributed by atoms with Crippen LogP contribution in [0.2, 0.25) is 0 Å². The minimum atomic E-state index is -0.620. The van der Waals surface area contributed by atoms with Gasteiger partial charge in [0.25, 0.3) is 0 Å². The molecule has 104 valence electrons. The zero-order valence-corrected chi connectivity index (χ0v) is 11.5. The van der Waals surface area contributed by atoms with Crippen molar-refractivity contribution in [3.8, 4) is 0 Å². The molecule has 2 amide bonds. The lowest BCUT2D eigenvalue weighted by Crippen LogP contribution is -2.46. The second kappa shape index (κ2) is 7.41. The third kappa shape index (κ3) is 5.90. The smallest absolute Gasteiger partial charge is 0.408 e. The van der Waals surface area contributed by atoms with Crippen LogP contribution >= 0.6 is 0 Å². The van der Waals surface area contributed by atoms with Gasteiger partial charge < -0.3 is 15.4 Å². The minimum Gasteiger partial charge on any atom is -0.445 e. The molecule has 19 heavy (non-hydrogen) atoms. The van der Waals surface area contributed by atoms with E-state index in [-0.39, 0.29) is 18.6 Å². The maximum absolute atomic E-state index is 11.6. The molecular weight excluding hydrogens is 244 g/mol. The Labute approximate surface area is 113 Å². The lowest BCUT2D eigenvalue weighted by Gasteiger charge is -2.15. The summed E-state index contributed by atoms with van der Waals surface area (Å²) in [5, 5.41) is 5.19. The quantitative estimate of drug-likeness (QED) is 0.852. The van der Waals surface area contributed by atoms with E-state index in [1.807, 2.05) is 44.2 Å². The Balaban J connectivity index is 2.33. The summed E-state index contributed by atoms with van der Waals surface area (Å²) in [6.45, 7) is 5.52. The van der Waals surface area contributed by atoms with Gasteiger partial charge >= 0.3 is 6.09 Å². The molecule has 0 aromatic heterocycles. The first-order valence-corrected chi connectivity index (χ1v) is 6.26. The van der Waals surface area contributed by atoms with Crippen LogP contribution in [0.15, 0.2) is 30.3 Å². The van der Waals surface area contributed by atoms with E-state index in [1.165, 1.54) is 0 Å². The first-order chi connectivity index (χ1) is 8.99. The normalized spacial score (nSPS) is 11.8. The van der Waals surface area contributed by atoms with Gasteiger partial charge in [-0.05, 0) is 26.3 Å². The van der Waals surface area contributed by atoms with Crippen molar-refractivity contribution in [2.45, 2.75) is 39.5 Å². The Morgan fingerprint density at radius 3 is 2.32 bits per heavy atom. The molecule has 0 aliphatic heterocycles. The van der Waals surface area contributed by atoms with E-state index in [4.69, 9.17) is 4.74 Å². The Hall–Kier alpha value is -2.04. The number of nitrogens with one attached hydrogen (secondary N) is 2. The molecule has 0 saturated carbocycles. The summed E-state index contributed by atoms with van der Waals surface area (Å²) in [6.07, 6.45) is -0.602. The van der Waals surface area contributed by atoms with Gasteiger partial charge in [-0.2, -0.15) is 0 Å². The first-order valence-electron chi connectivity index (χ1n) is 6.26. The Morgan fingerprint density at radius 1 is 1.11 bits per heavy atom. The molecule has 0 unspecified atom stereocenters. The summed E-state index contributed by atoms with van der Waals surface area (Å²) in [7, 11) is 0. The summed E-state index contributed by atoms with van der Waals surface area (Å²) in [5.41, 5.74) is 0.900. The van der Waals surface area contributed by atoms with Crippen molar-refractivity contribution in [3.63, 3.8) is 0 Å². The van der Waals surface area contributed by atoms with Crippen LogP contribution in [0.3, 0.4) is 0 Å². The van der Waals surface area contributed by atoms with Gasteiger partial charge in [0, 0.05) is 6.04 Å². The fourth-order valence-corrected chi connectivity index (χ4v) is 1.42. The summed E-state index contributed by atoms with van der Waals surface area (Å²) in [5.74, 6) is -0.230. The highest BCUT2D eigenvalue weighted by atomic mass is 16.5. The van der Waals surface area contributed by atoms with Crippen LogP contribution in [-0.4, -0.2) is 24.1 Å². The number of amides is 2. The summed E-state index contributed by atoms with van der Waals surface area (Å²) in [6, 6.07) is 8.78. The highest BCUT2D eigenvalue weighted by molar-refractivity contribution is 5.85. The maximum atomic E-state index is 11.6. The van der Waals surface area contributed by atoms with Crippen molar-refractivity contribution < 1.29 is 14.3 Å². The molecule has 0 aliphatic rings. The van der Waals surface area contributed by atoms with Gasteiger partial charge in [0.15, 0.2) is 0 Å². The molecule has 0 fully saturated rings. The van der Waals surface area contributed by atoms with Crippen LogP contribution in [0, 0.1) is 0 Å². The average molecular weight is 264 g/mol. The Morgan fingerprint density at radius 2 is 1.74 bits per heavy atom. The van der Waals surface area contributed by atoms with Crippen molar-refractivity contribution >= 4 is 12.0 Å². The molecule has 1 aromatic rings. The molecule has 5 heteroatoms. The van der Waals surface area contributed by atoms with Gasteiger partial charge in [-0.15, -0.1) is 0 Å². The topological polar surface area (TPSA) is 67.4 Å². The van der Waals surface area contributed by atoms with Crippen molar-refractivity contribution in [1.82, 2.24) is 10.6 Å². The molecule has 0 radical (unpaired) electrons. The molecule has 0 heterocycles. The number of alkyl carbamates (subject to hydrolysis) is 1.